The fourth-order valence-electron chi connectivity index (χ4n) is 36.8. The minimum atomic E-state index is 0.977. The lowest BCUT2D eigenvalue weighted by Crippen LogP contribution is -2.59. The monoisotopic (exact) mass is 1150 g/mol. The second-order valence-electron chi connectivity index (χ2n) is 39.2. The zero-order chi connectivity index (χ0) is 55.3. The average molecular weight is 1150 g/mol. The van der Waals surface area contributed by atoms with E-state index in [-0.39, 0.29) is 0 Å². The molecule has 29 aliphatic rings. The van der Waals surface area contributed by atoms with Crippen LogP contribution in [-0.4, -0.2) is 0 Å². The van der Waals surface area contributed by atoms with E-state index >= 15 is 0 Å². The van der Waals surface area contributed by atoms with Crippen molar-refractivity contribution < 1.29 is 0 Å². The highest BCUT2D eigenvalue weighted by Crippen LogP contribution is 2.84. The first-order valence-electron chi connectivity index (χ1n) is 39.9. The highest BCUT2D eigenvalue weighted by molar-refractivity contribution is 5.34. The first kappa shape index (κ1) is 50.0. The Morgan fingerprint density at radius 2 is 0.253 bits per heavy atom. The summed E-state index contributed by atoms with van der Waals surface area (Å²) in [7, 11) is 0. The Morgan fingerprint density at radius 3 is 0.506 bits per heavy atom. The van der Waals surface area contributed by atoms with Gasteiger partial charge in [-0.25, -0.2) is 0 Å². The van der Waals surface area contributed by atoms with Gasteiger partial charge in [0, 0.05) is 0 Å². The highest BCUT2D eigenvalue weighted by Gasteiger charge is 2.79. The maximum Gasteiger partial charge on any atom is -0.0193 e. The molecule has 0 amide bonds. The molecule has 0 aliphatic heterocycles. The summed E-state index contributed by atoms with van der Waals surface area (Å²) in [5.41, 5.74) is 0. The van der Waals surface area contributed by atoms with Gasteiger partial charge < -0.3 is 0 Å². The third-order valence-electron chi connectivity index (χ3n) is 38.4. The van der Waals surface area contributed by atoms with Crippen LogP contribution in [-0.2, 0) is 0 Å². The molecule has 0 spiro atoms. The van der Waals surface area contributed by atoms with Gasteiger partial charge in [0.25, 0.3) is 0 Å². The fraction of sp³-hybridized carbons (Fsp3) is 0.770. The van der Waals surface area contributed by atoms with Crippen molar-refractivity contribution in [1.29, 1.82) is 0 Å². The number of hydrogen-bond acceptors (Lipinski definition) is 0. The van der Waals surface area contributed by atoms with Crippen LogP contribution in [0.2, 0.25) is 0 Å². The lowest BCUT2D eigenvalue weighted by atomic mass is 9.42. The summed E-state index contributed by atoms with van der Waals surface area (Å²) in [4.78, 5) is 0. The van der Waals surface area contributed by atoms with Gasteiger partial charge in [0.2, 0.25) is 0 Å². The van der Waals surface area contributed by atoms with Crippen molar-refractivity contribution in [1.82, 2.24) is 0 Å². The van der Waals surface area contributed by atoms with Gasteiger partial charge in [-0.2, -0.15) is 0 Å². The average Bonchev–Trinajstić information content (AvgIpc) is 1.48. The highest BCUT2D eigenvalue weighted by atomic mass is 14.8. The quantitative estimate of drug-likeness (QED) is 0.168. The minimum absolute atomic E-state index is 0.977. The molecule has 32 unspecified atom stereocenters. The Hall–Kier alpha value is -2.60. The molecular weight excluding hydrogens is 1040 g/mol. The Morgan fingerprint density at radius 1 is 0.103 bits per heavy atom. The molecule has 0 aromatic carbocycles. The van der Waals surface area contributed by atoms with Crippen LogP contribution < -0.4 is 0 Å². The summed E-state index contributed by atoms with van der Waals surface area (Å²) in [5.74, 6) is 51.6. The van der Waals surface area contributed by atoms with Gasteiger partial charge in [0.05, 0.1) is 0 Å². The third-order valence-corrected chi connectivity index (χ3v) is 38.4. The predicted molar refractivity (Wildman–Crippen MR) is 347 cm³/mol. The van der Waals surface area contributed by atoms with Gasteiger partial charge in [-0.1, -0.05) is 122 Å². The Balaban J connectivity index is 0.0000000691. The standard InChI is InChI=1S/C24H28.C18H24.C16H20.C15H18.C14H16/c1-2-10-5-9(1)17-13-7-14(18(10)17)22-21(13)23-15-8-16(24(22)23)20-12-4-3-11(6-12)19(15)20;1-2-12-9-11(1)15-5-6-17-13-3-4-14(10-13)18(17)8-7-16(12)15;1-2-10-5-9(1)13-7-15-11-3-4-12(6-11)16(15)8-14(10)13;1-3-10-5-8(1)12-7-13-9-2-4-11(6-9)15(13)14(10)12;1-2-8-5-7(1)11-12(8)14-10-4-3-9(6-10)13(11)14/h1-4,9-24H,5-8H2;1-4,11-18H,5-10H2;1-4,9-16H,5-8H2;1-4,8-15H,5-7H2;1-4,7-14H,5-6H2. The summed E-state index contributed by atoms with van der Waals surface area (Å²) in [6.07, 6.45) is 80.9. The molecule has 0 nitrogen and oxygen atoms in total. The summed E-state index contributed by atoms with van der Waals surface area (Å²) in [5, 5.41) is 0. The topological polar surface area (TPSA) is 0 Å². The van der Waals surface area contributed by atoms with Crippen molar-refractivity contribution >= 4 is 0 Å². The van der Waals surface area contributed by atoms with Gasteiger partial charge in [-0.3, -0.25) is 0 Å². The first-order chi connectivity index (χ1) is 43.0. The van der Waals surface area contributed by atoms with Crippen LogP contribution in [0.25, 0.3) is 0 Å². The van der Waals surface area contributed by atoms with E-state index in [2.05, 4.69) is 122 Å². The first-order valence-corrected chi connectivity index (χ1v) is 39.9. The van der Waals surface area contributed by atoms with E-state index in [1.165, 1.54) is 98.7 Å². The van der Waals surface area contributed by atoms with Crippen LogP contribution >= 0.6 is 0 Å². The molecule has 19 fully saturated rings. The summed E-state index contributed by atoms with van der Waals surface area (Å²) in [6, 6.07) is 0. The molecule has 454 valence electrons. The van der Waals surface area contributed by atoms with Crippen LogP contribution in [0.3, 0.4) is 0 Å². The van der Waals surface area contributed by atoms with Crippen LogP contribution in [0.4, 0.5) is 0 Å². The lowest BCUT2D eigenvalue weighted by Gasteiger charge is -2.62. The van der Waals surface area contributed by atoms with E-state index in [1.807, 2.05) is 0 Å². The predicted octanol–water partition coefficient (Wildman–Crippen LogP) is 18.9. The van der Waals surface area contributed by atoms with Gasteiger partial charge in [0.1, 0.15) is 0 Å². The molecule has 87 heavy (non-hydrogen) atoms. The molecule has 29 rings (SSSR count). The maximum absolute atomic E-state index is 2.65. The third kappa shape index (κ3) is 6.25. The van der Waals surface area contributed by atoms with Crippen molar-refractivity contribution in [2.45, 2.75) is 122 Å². The lowest BCUT2D eigenvalue weighted by molar-refractivity contribution is -0.151. The largest absolute Gasteiger partial charge is 0.0848 e. The van der Waals surface area contributed by atoms with E-state index < -0.39 is 0 Å². The van der Waals surface area contributed by atoms with Crippen molar-refractivity contribution in [2.24, 2.45) is 284 Å². The van der Waals surface area contributed by atoms with E-state index in [0.29, 0.717) is 0 Å². The van der Waals surface area contributed by atoms with Crippen LogP contribution in [0.1, 0.15) is 122 Å². The number of allylic oxidation sites excluding steroid dienone is 20. The zero-order valence-electron chi connectivity index (χ0n) is 52.7. The Bertz CT molecular complexity index is 2870. The van der Waals surface area contributed by atoms with Crippen molar-refractivity contribution in [2.75, 3.05) is 0 Å². The van der Waals surface area contributed by atoms with Crippen LogP contribution in [0, 0.1) is 284 Å². The second kappa shape index (κ2) is 17.4. The van der Waals surface area contributed by atoms with Gasteiger partial charge in [-0.05, 0) is 406 Å². The number of hydrogen-bond donors (Lipinski definition) is 0. The van der Waals surface area contributed by atoms with Crippen LogP contribution in [0.15, 0.2) is 122 Å². The molecule has 0 heteroatoms. The van der Waals surface area contributed by atoms with Gasteiger partial charge >= 0.3 is 0 Å². The molecule has 0 saturated heterocycles. The summed E-state index contributed by atoms with van der Waals surface area (Å²) in [6.45, 7) is 0. The number of fused-ring (bicyclic) bond motifs is 69. The van der Waals surface area contributed by atoms with E-state index in [0.717, 1.165) is 237 Å². The SMILES string of the molecule is C1=CC2CC1C1C2C2C3C=CC(C3)C12.C1=CC2CC1C1C3CC(C21)C1C3C2C3CC(C4C5C=CC(C5)C34)C12.C1=CC2CC1C1CC3C4C=CC(C4)C3C21.C1=CC2CC1C1CC3C4C=CC(C4)C3CC21.C1=CC2CC1C1CCC3C4C=CC(C4)C3CCC21. The molecular formula is C87H106. The smallest absolute Gasteiger partial charge is 0.0193 e. The molecule has 29 aliphatic carbocycles. The molecule has 0 radical (unpaired) electrons. The molecule has 0 N–H and O–H groups in total. The van der Waals surface area contributed by atoms with Crippen LogP contribution in [0.5, 0.6) is 0 Å². The molecule has 19 saturated carbocycles. The van der Waals surface area contributed by atoms with E-state index in [4.69, 9.17) is 0 Å². The zero-order valence-corrected chi connectivity index (χ0v) is 52.7. The fourth-order valence-corrected chi connectivity index (χ4v) is 36.8. The summed E-state index contributed by atoms with van der Waals surface area (Å²) < 4.78 is 0. The Kier molecular flexibility index (Phi) is 9.99. The molecule has 32 atom stereocenters. The maximum atomic E-state index is 2.65. The van der Waals surface area contributed by atoms with E-state index in [9.17, 15) is 0 Å². The summed E-state index contributed by atoms with van der Waals surface area (Å²) >= 11 is 0. The van der Waals surface area contributed by atoms with Crippen molar-refractivity contribution in [3.63, 3.8) is 0 Å². The van der Waals surface area contributed by atoms with Crippen molar-refractivity contribution in [3.05, 3.63) is 122 Å². The molecule has 0 aromatic rings. The van der Waals surface area contributed by atoms with Gasteiger partial charge in [0.15, 0.2) is 0 Å². The van der Waals surface area contributed by atoms with Gasteiger partial charge in [-0.15, -0.1) is 0 Å². The van der Waals surface area contributed by atoms with Crippen molar-refractivity contribution in [3.8, 4) is 0 Å². The van der Waals surface area contributed by atoms with E-state index in [1.54, 1.807) is 70.6 Å². The number of rotatable bonds is 0. The second-order valence-corrected chi connectivity index (χ2v) is 39.2. The Labute approximate surface area is 524 Å². The minimum Gasteiger partial charge on any atom is -0.0848 e. The molecule has 0 heterocycles. The molecule has 0 aromatic heterocycles. The molecule has 24 bridgehead atoms. The normalized spacial score (nSPS) is 68.5.